The topological polar surface area (TPSA) is 75.9 Å². The van der Waals surface area contributed by atoms with Gasteiger partial charge in [0, 0.05) is 25.6 Å². The lowest BCUT2D eigenvalue weighted by Crippen LogP contribution is -2.10. The Bertz CT molecular complexity index is 273. The minimum Gasteiger partial charge on any atom is -0.396 e. The van der Waals surface area contributed by atoms with Gasteiger partial charge in [0.1, 0.15) is 0 Å². The maximum absolute atomic E-state index is 8.78. The molecule has 6 heteroatoms. The number of anilines is 1. The van der Waals surface area contributed by atoms with E-state index in [0.29, 0.717) is 17.9 Å². The zero-order chi connectivity index (χ0) is 8.55. The minimum atomic E-state index is 0.239. The summed E-state index contributed by atoms with van der Waals surface area (Å²) in [6.07, 6.45) is 1.00. The van der Waals surface area contributed by atoms with Crippen LogP contribution < -0.4 is 5.32 Å². The monoisotopic (exact) mass is 169 g/mol. The lowest BCUT2D eigenvalue weighted by Gasteiger charge is -2.00. The molecule has 2 atom stereocenters. The normalized spacial score (nSPS) is 27.2. The molecule has 1 aliphatic carbocycles. The first kappa shape index (κ1) is 7.48. The van der Waals surface area contributed by atoms with E-state index in [1.807, 2.05) is 0 Å². The molecule has 2 unspecified atom stereocenters. The van der Waals surface area contributed by atoms with Crippen molar-refractivity contribution in [3.05, 3.63) is 0 Å². The number of tetrazole rings is 1. The molecule has 1 aliphatic rings. The first-order valence-electron chi connectivity index (χ1n) is 3.91. The highest BCUT2D eigenvalue weighted by Crippen LogP contribution is 2.31. The Kier molecular flexibility index (Phi) is 1.69. The van der Waals surface area contributed by atoms with Crippen LogP contribution in [0.3, 0.4) is 0 Å². The van der Waals surface area contributed by atoms with Crippen molar-refractivity contribution in [2.45, 2.75) is 12.5 Å². The van der Waals surface area contributed by atoms with Gasteiger partial charge in [-0.15, -0.1) is 0 Å². The van der Waals surface area contributed by atoms with E-state index >= 15 is 0 Å². The molecule has 1 heterocycles. The Balaban J connectivity index is 1.93. The van der Waals surface area contributed by atoms with Crippen LogP contribution in [0.1, 0.15) is 6.42 Å². The van der Waals surface area contributed by atoms with Crippen LogP contribution in [-0.4, -0.2) is 38.0 Å². The van der Waals surface area contributed by atoms with Gasteiger partial charge in [-0.05, 0) is 16.8 Å². The smallest absolute Gasteiger partial charge is 0.242 e. The van der Waals surface area contributed by atoms with Crippen LogP contribution in [0, 0.1) is 5.92 Å². The largest absolute Gasteiger partial charge is 0.396 e. The molecule has 0 spiro atoms. The summed E-state index contributed by atoms with van der Waals surface area (Å²) < 4.78 is 1.58. The summed E-state index contributed by atoms with van der Waals surface area (Å²) >= 11 is 0. The molecule has 6 nitrogen and oxygen atoms in total. The molecule has 1 aromatic heterocycles. The number of hydrogen-bond donors (Lipinski definition) is 2. The molecule has 1 aromatic rings. The molecule has 0 aliphatic heterocycles. The highest BCUT2D eigenvalue weighted by Gasteiger charge is 2.37. The molecule has 1 fully saturated rings. The van der Waals surface area contributed by atoms with Crippen molar-refractivity contribution in [1.29, 1.82) is 0 Å². The third kappa shape index (κ3) is 1.25. The van der Waals surface area contributed by atoms with E-state index in [1.54, 1.807) is 11.7 Å². The van der Waals surface area contributed by atoms with Crippen molar-refractivity contribution in [3.8, 4) is 0 Å². The second-order valence-electron chi connectivity index (χ2n) is 3.06. The average molecular weight is 169 g/mol. The highest BCUT2D eigenvalue weighted by molar-refractivity contribution is 5.27. The molecule has 66 valence electrons. The third-order valence-electron chi connectivity index (χ3n) is 2.09. The van der Waals surface area contributed by atoms with Gasteiger partial charge in [-0.25, -0.2) is 4.68 Å². The van der Waals surface area contributed by atoms with Gasteiger partial charge in [0.15, 0.2) is 0 Å². The summed E-state index contributed by atoms with van der Waals surface area (Å²) in [5.74, 6) is 1.04. The standard InChI is InChI=1S/C6H11N5O/c1-11-6(8-9-10-11)7-5-2-4(5)3-12/h4-5,12H,2-3H2,1H3,(H,7,8,10). The first-order valence-corrected chi connectivity index (χ1v) is 3.91. The Morgan fingerprint density at radius 3 is 3.08 bits per heavy atom. The van der Waals surface area contributed by atoms with Gasteiger partial charge in [0.2, 0.25) is 5.95 Å². The lowest BCUT2D eigenvalue weighted by atomic mass is 10.4. The van der Waals surface area contributed by atoms with Crippen molar-refractivity contribution in [2.24, 2.45) is 13.0 Å². The third-order valence-corrected chi connectivity index (χ3v) is 2.09. The summed E-state index contributed by atoms with van der Waals surface area (Å²) in [5.41, 5.74) is 0. The molecule has 0 saturated heterocycles. The average Bonchev–Trinajstić information content (AvgIpc) is 2.70. The number of nitrogens with one attached hydrogen (secondary N) is 1. The van der Waals surface area contributed by atoms with E-state index < -0.39 is 0 Å². The van der Waals surface area contributed by atoms with Crippen LogP contribution in [0.25, 0.3) is 0 Å². The minimum absolute atomic E-state index is 0.239. The number of rotatable bonds is 3. The van der Waals surface area contributed by atoms with Gasteiger partial charge in [0.05, 0.1) is 0 Å². The lowest BCUT2D eigenvalue weighted by molar-refractivity contribution is 0.275. The van der Waals surface area contributed by atoms with E-state index in [4.69, 9.17) is 5.11 Å². The van der Waals surface area contributed by atoms with E-state index in [1.165, 1.54) is 0 Å². The van der Waals surface area contributed by atoms with Crippen molar-refractivity contribution >= 4 is 5.95 Å². The van der Waals surface area contributed by atoms with Crippen LogP contribution in [0.5, 0.6) is 0 Å². The predicted molar refractivity (Wildman–Crippen MR) is 41.4 cm³/mol. The maximum atomic E-state index is 8.78. The Hall–Kier alpha value is -1.17. The van der Waals surface area contributed by atoms with Crippen LogP contribution >= 0.6 is 0 Å². The molecule has 0 amide bonds. The highest BCUT2D eigenvalue weighted by atomic mass is 16.3. The zero-order valence-electron chi connectivity index (χ0n) is 6.80. The summed E-state index contributed by atoms with van der Waals surface area (Å²) in [5, 5.41) is 22.9. The van der Waals surface area contributed by atoms with Gasteiger partial charge >= 0.3 is 0 Å². The summed E-state index contributed by atoms with van der Waals surface area (Å²) in [6, 6.07) is 0.347. The number of aliphatic hydroxyl groups excluding tert-OH is 1. The summed E-state index contributed by atoms with van der Waals surface area (Å²) in [7, 11) is 1.78. The van der Waals surface area contributed by atoms with Crippen molar-refractivity contribution in [1.82, 2.24) is 20.2 Å². The molecule has 2 rings (SSSR count). The molecular weight excluding hydrogens is 158 g/mol. The van der Waals surface area contributed by atoms with Crippen molar-refractivity contribution < 1.29 is 5.11 Å². The fraction of sp³-hybridized carbons (Fsp3) is 0.833. The van der Waals surface area contributed by atoms with Gasteiger partial charge in [0.25, 0.3) is 0 Å². The number of aromatic nitrogens is 4. The molecule has 0 aromatic carbocycles. The van der Waals surface area contributed by atoms with Crippen LogP contribution in [0.15, 0.2) is 0 Å². The van der Waals surface area contributed by atoms with Gasteiger partial charge in [-0.1, -0.05) is 5.10 Å². The fourth-order valence-corrected chi connectivity index (χ4v) is 1.14. The zero-order valence-corrected chi connectivity index (χ0v) is 6.80. The second-order valence-corrected chi connectivity index (χ2v) is 3.06. The second kappa shape index (κ2) is 2.71. The predicted octanol–water partition coefficient (Wildman–Crippen LogP) is -0.997. The Labute approximate surface area is 69.6 Å². The summed E-state index contributed by atoms with van der Waals surface area (Å²) in [4.78, 5) is 0. The molecule has 2 N–H and O–H groups in total. The molecule has 0 bridgehead atoms. The molecule has 12 heavy (non-hydrogen) atoms. The quantitative estimate of drug-likeness (QED) is 0.607. The Morgan fingerprint density at radius 2 is 2.58 bits per heavy atom. The number of aliphatic hydroxyl groups is 1. The van der Waals surface area contributed by atoms with Gasteiger partial charge in [-0.2, -0.15) is 0 Å². The fourth-order valence-electron chi connectivity index (χ4n) is 1.14. The van der Waals surface area contributed by atoms with Gasteiger partial charge < -0.3 is 10.4 Å². The van der Waals surface area contributed by atoms with Crippen molar-refractivity contribution in [3.63, 3.8) is 0 Å². The first-order chi connectivity index (χ1) is 5.81. The van der Waals surface area contributed by atoms with Crippen LogP contribution in [0.4, 0.5) is 5.95 Å². The Morgan fingerprint density at radius 1 is 1.75 bits per heavy atom. The number of hydrogen-bond acceptors (Lipinski definition) is 5. The van der Waals surface area contributed by atoms with E-state index in [0.717, 1.165) is 6.42 Å². The van der Waals surface area contributed by atoms with Crippen LogP contribution in [0.2, 0.25) is 0 Å². The van der Waals surface area contributed by atoms with Crippen molar-refractivity contribution in [2.75, 3.05) is 11.9 Å². The molecule has 1 saturated carbocycles. The maximum Gasteiger partial charge on any atom is 0.242 e. The number of aryl methyl sites for hydroxylation is 1. The SMILES string of the molecule is Cn1nnnc1NC1CC1CO. The number of nitrogens with zero attached hydrogens (tertiary/aromatic N) is 4. The molecular formula is C6H11N5O. The molecule has 0 radical (unpaired) electrons. The van der Waals surface area contributed by atoms with E-state index in [-0.39, 0.29) is 6.61 Å². The van der Waals surface area contributed by atoms with Gasteiger partial charge in [-0.3, -0.25) is 0 Å². The summed E-state index contributed by atoms with van der Waals surface area (Å²) in [6.45, 7) is 0.239. The van der Waals surface area contributed by atoms with Crippen LogP contribution in [-0.2, 0) is 7.05 Å². The van der Waals surface area contributed by atoms with E-state index in [9.17, 15) is 0 Å². The van der Waals surface area contributed by atoms with E-state index in [2.05, 4.69) is 20.8 Å².